The summed E-state index contributed by atoms with van der Waals surface area (Å²) in [6, 6.07) is 16.8. The maximum Gasteiger partial charge on any atom is 0.646 e. The minimum Gasteiger partial charge on any atom is -0.477 e. The van der Waals surface area contributed by atoms with E-state index in [0.717, 1.165) is 78.8 Å². The summed E-state index contributed by atoms with van der Waals surface area (Å²) >= 11 is 8.85. The van der Waals surface area contributed by atoms with Crippen molar-refractivity contribution in [1.29, 1.82) is 0 Å². The standard InChI is InChI=1S/C28H34NO8PSi.C26H37N3O4S2Si.C23H29N3O4S2.C19H23N3O4S2/c1-7-18-33-28(31)25-26(19(2)24-23(27(30)29(24)25)20(3)37-39(4,5)6)36-38(32,34-21-14-10-8-11-15-21)35-22-16-12-9-13-17-22;1-9-12-32-25(31)22-23(16(3)21-20(24(30)29(21)22)17(4)33-36(6,7)8)35-26-27-19(14-34-26)18-10-11-28(5)15(2)13-18;1-6-9-30-22(29)19-20(13(3)18-17(14(4)27)21(28)26(18)19)32-23-24-16(11-31-23)15-7-8-25(5)12(2)10-15;1-8-6-11(4-5-20-8)12-7-27-19(21-12)28-16-9(2)14-13(10(3)23)17(24)22(14)15(16)18(25)26/h7-17,19-20,23-24H,1,18H2,2-6H3;9,13-17,20-21H,1,10-12H2,2-8H3;6,10-14,17-18,27H,1,7-9H2,2-5H3;6-10,13-14,20,23H,4-5H2,1-3H3,(H,25,26)/t19-,20-,23-,24-;15-,16+,17+,20+,21+;12-,13+,14+,17+,18+;8-,9+,10+,13+,14+/m1000/s1. The van der Waals surface area contributed by atoms with Crippen molar-refractivity contribution in [2.75, 3.05) is 53.6 Å². The van der Waals surface area contributed by atoms with Crippen molar-refractivity contribution in [3.05, 3.63) is 193 Å². The van der Waals surface area contributed by atoms with Gasteiger partial charge in [-0.15, -0.1) is 34.0 Å². The molecular weight excluding hydrogens is 1890 g/mol. The number of rotatable bonds is 33. The molecule has 4 N–H and O–H groups in total. The monoisotopic (exact) mass is 2010 g/mol. The summed E-state index contributed by atoms with van der Waals surface area (Å²) in [5, 5.41) is 39.3. The van der Waals surface area contributed by atoms with Gasteiger partial charge in [-0.1, -0.05) is 156 Å². The van der Waals surface area contributed by atoms with Crippen LogP contribution in [0.5, 0.6) is 11.5 Å². The van der Waals surface area contributed by atoms with Crippen molar-refractivity contribution in [2.24, 2.45) is 47.3 Å². The highest BCUT2D eigenvalue weighted by Crippen LogP contribution is 2.60. The molecule has 2 aromatic carbocycles. The van der Waals surface area contributed by atoms with Crippen LogP contribution in [0, 0.1) is 47.3 Å². The molecule has 30 nitrogen and oxygen atoms in total. The second kappa shape index (κ2) is 43.4. The van der Waals surface area contributed by atoms with Crippen molar-refractivity contribution < 1.29 is 94.9 Å². The number of amides is 4. The number of carboxylic acids is 1. The van der Waals surface area contributed by atoms with Crippen molar-refractivity contribution >= 4 is 158 Å². The number of nitrogens with zero attached hydrogens (tertiary/aromatic N) is 9. The SMILES string of the molecule is C=CCOC(=O)C1=C(OP(=O)(Oc2ccccc2)Oc2ccccc2)[C@H](C)[C@@H]2[C@@H]([C@@H](C)O[Si](C)(C)C)C(=O)N12.C=CCOC(=O)C1=C(Sc2nc(C3=C[C@H](C)N(C)CC3)cs2)[C@H](C)[C@@H]2[C@@H]([C@@H](C)O)C(=O)N12.C=CCOC(=O)C1=C(Sc2nc(C3=C[C@H](C)N(C)CC3)cs2)[C@H](C)[C@@H]2[C@@H]([C@@H](C)O[Si](C)(C)C)C(=O)N12.C[C@H]1C=C(c2csc(SC3=C(C(=O)O)N4C(=O)[C@H]([C@@H](C)O)[C@H]4[C@H]3C)n2)CCN1. The van der Waals surface area contributed by atoms with E-state index in [2.05, 4.69) is 125 Å². The number of aromatic nitrogens is 3. The van der Waals surface area contributed by atoms with Gasteiger partial charge in [-0.3, -0.25) is 33.9 Å². The van der Waals surface area contributed by atoms with Gasteiger partial charge in [0.15, 0.2) is 35.4 Å². The summed E-state index contributed by atoms with van der Waals surface area (Å²) in [4.78, 5) is 130. The molecular formula is C96H123N10O20PS6Si2. The number of hydrogen-bond acceptors (Lipinski definition) is 31. The van der Waals surface area contributed by atoms with E-state index in [4.69, 9.17) is 51.6 Å². The number of phosphoric ester groups is 1. The number of aliphatic hydroxyl groups is 2. The van der Waals surface area contributed by atoms with E-state index in [0.29, 0.717) is 28.7 Å². The number of esters is 3. The third kappa shape index (κ3) is 22.5. The van der Waals surface area contributed by atoms with Crippen LogP contribution in [0.15, 0.2) is 189 Å². The third-order valence-corrected chi connectivity index (χ3v) is 35.6. The van der Waals surface area contributed by atoms with Crippen LogP contribution < -0.4 is 14.4 Å². The molecule has 0 radical (unpaired) electrons. The summed E-state index contributed by atoms with van der Waals surface area (Å²) in [6.45, 7) is 47.7. The van der Waals surface area contributed by atoms with Gasteiger partial charge in [0.1, 0.15) is 54.2 Å². The van der Waals surface area contributed by atoms with Gasteiger partial charge in [0.05, 0.1) is 89.3 Å². The predicted molar refractivity (Wildman–Crippen MR) is 530 cm³/mol. The smallest absolute Gasteiger partial charge is 0.477 e. The molecule has 39 heteroatoms. The Labute approximate surface area is 816 Å². The molecule has 3 aromatic heterocycles. The van der Waals surface area contributed by atoms with E-state index in [1.165, 1.54) is 108 Å². The van der Waals surface area contributed by atoms with Crippen LogP contribution in [0.4, 0.5) is 0 Å². The van der Waals surface area contributed by atoms with E-state index < -0.39 is 90.3 Å². The van der Waals surface area contributed by atoms with Crippen molar-refractivity contribution in [1.82, 2.24) is 49.7 Å². The number of phosphoric acid groups is 1. The number of carbonyl (C=O) groups is 8. The van der Waals surface area contributed by atoms with Gasteiger partial charge in [-0.2, -0.15) is 4.57 Å². The Balaban J connectivity index is 0.000000153. The highest BCUT2D eigenvalue weighted by Gasteiger charge is 2.66. The number of benzene rings is 2. The highest BCUT2D eigenvalue weighted by molar-refractivity contribution is 8.05. The van der Waals surface area contributed by atoms with E-state index in [1.54, 1.807) is 97.7 Å². The lowest BCUT2D eigenvalue weighted by Crippen LogP contribution is -2.64. The topological polar surface area (TPSA) is 358 Å². The highest BCUT2D eigenvalue weighted by atomic mass is 32.2. The molecule has 726 valence electrons. The number of thiazole rings is 3. The molecule has 135 heavy (non-hydrogen) atoms. The van der Waals surface area contributed by atoms with Gasteiger partial charge in [-0.05, 0) is 169 Å². The number of aliphatic carboxylic acids is 1. The van der Waals surface area contributed by atoms with Gasteiger partial charge in [-0.25, -0.2) is 34.1 Å². The maximum absolute atomic E-state index is 14.2. The van der Waals surface area contributed by atoms with E-state index in [1.807, 2.05) is 52.7 Å². The summed E-state index contributed by atoms with van der Waals surface area (Å²) in [6.07, 6.45) is 11.8. The molecule has 11 aliphatic heterocycles. The van der Waals surface area contributed by atoms with E-state index in [-0.39, 0.29) is 132 Å². The number of carbonyl (C=O) groups excluding carboxylic acids is 7. The molecule has 0 saturated carbocycles. The minimum absolute atomic E-state index is 0.000288. The number of hydrogen-bond donors (Lipinski definition) is 4. The van der Waals surface area contributed by atoms with Gasteiger partial charge >= 0.3 is 31.7 Å². The number of carboxylic acid groups (broad SMARTS) is 1. The van der Waals surface area contributed by atoms with Gasteiger partial charge in [0.2, 0.25) is 23.6 Å². The zero-order valence-electron chi connectivity index (χ0n) is 79.6. The van der Waals surface area contributed by atoms with Crippen molar-refractivity contribution in [3.63, 3.8) is 0 Å². The fourth-order valence-electron chi connectivity index (χ4n) is 19.0. The Morgan fingerprint density at radius 1 is 0.496 bits per heavy atom. The van der Waals surface area contributed by atoms with Gasteiger partial charge < -0.3 is 72.0 Å². The van der Waals surface area contributed by atoms with Gasteiger partial charge in [0.25, 0.3) is 0 Å². The minimum atomic E-state index is -4.42. The summed E-state index contributed by atoms with van der Waals surface area (Å²) < 4.78 is 62.7. The van der Waals surface area contributed by atoms with Crippen LogP contribution in [0.25, 0.3) is 16.7 Å². The average Bonchev–Trinajstić information content (AvgIpc) is 1.56. The Bertz CT molecular complexity index is 5600. The average molecular weight is 2020 g/mol. The first-order valence-corrected chi connectivity index (χ1v) is 58.8. The number of thioether (sulfide) groups is 3. The second-order valence-electron chi connectivity index (χ2n) is 37.4. The lowest BCUT2D eigenvalue weighted by molar-refractivity contribution is -0.164. The Kier molecular flexibility index (Phi) is 33.3. The zero-order valence-corrected chi connectivity index (χ0v) is 87.4. The van der Waals surface area contributed by atoms with Crippen LogP contribution in [0.3, 0.4) is 0 Å². The van der Waals surface area contributed by atoms with Crippen molar-refractivity contribution in [2.45, 2.75) is 214 Å². The Morgan fingerprint density at radius 2 is 0.830 bits per heavy atom. The molecule has 4 amide bonds. The number of aliphatic hydroxyl groups excluding tert-OH is 2. The molecule has 19 atom stereocenters. The fourth-order valence-corrected chi connectivity index (χ4v) is 29.2. The number of para-hydroxylation sites is 2. The first-order chi connectivity index (χ1) is 63.9. The van der Waals surface area contributed by atoms with Crippen LogP contribution in [0.1, 0.15) is 113 Å². The molecule has 0 aliphatic carbocycles. The number of fused-ring (bicyclic) bond motifs is 4. The number of ether oxygens (including phenoxy) is 3. The zero-order chi connectivity index (χ0) is 98.0. The second-order valence-corrected chi connectivity index (χ2v) is 54.2. The Morgan fingerprint density at radius 3 is 1.18 bits per heavy atom. The molecule has 0 bridgehead atoms. The molecule has 11 aliphatic rings. The number of nitrogens with one attached hydrogen (secondary N) is 1. The molecule has 14 heterocycles. The van der Waals surface area contributed by atoms with Crippen LogP contribution in [-0.2, 0) is 70.5 Å². The first-order valence-electron chi connectivity index (χ1n) is 45.4. The van der Waals surface area contributed by atoms with E-state index in [9.17, 15) is 58.2 Å². The quantitative estimate of drug-likeness (QED) is 0.00757. The Hall–Kier alpha value is -8.68. The molecule has 0 spiro atoms. The van der Waals surface area contributed by atoms with Gasteiger partial charge in [0, 0.05) is 85.7 Å². The lowest BCUT2D eigenvalue weighted by atomic mass is 9.79. The number of likely N-dealkylation sites (N-methyl/N-ethyl adjacent to an activating group) is 2. The molecule has 0 unspecified atom stereocenters. The normalized spacial score (nSPS) is 26.8. The van der Waals surface area contributed by atoms with E-state index >= 15 is 0 Å². The predicted octanol–water partition coefficient (Wildman–Crippen LogP) is 16.2. The molecule has 5 aromatic rings. The van der Waals surface area contributed by atoms with Crippen LogP contribution in [0.2, 0.25) is 39.3 Å². The molecule has 4 saturated heterocycles. The molecule has 4 fully saturated rings. The summed E-state index contributed by atoms with van der Waals surface area (Å²) in [5.41, 5.74) is 7.16. The fraction of sp³-hybridized carbons (Fsp3) is 0.490. The van der Waals surface area contributed by atoms with Crippen LogP contribution >= 0.6 is 77.1 Å². The number of β-lactam (4-membered cyclic amide) rings is 4. The lowest BCUT2D eigenvalue weighted by Gasteiger charge is -2.48. The molecule has 16 rings (SSSR count). The summed E-state index contributed by atoms with van der Waals surface area (Å²) in [7, 11) is -3.96. The first kappa shape index (κ1) is 104. The third-order valence-electron chi connectivity index (χ3n) is 25.5. The maximum atomic E-state index is 14.2. The largest absolute Gasteiger partial charge is 0.646 e. The summed E-state index contributed by atoms with van der Waals surface area (Å²) in [5.74, 6) is -5.99. The van der Waals surface area contributed by atoms with Crippen LogP contribution in [-0.4, -0.2) is 244 Å². The van der Waals surface area contributed by atoms with Crippen molar-refractivity contribution in [3.8, 4) is 11.5 Å².